The van der Waals surface area contributed by atoms with Crippen molar-refractivity contribution in [2.24, 2.45) is 5.73 Å². The second-order valence-electron chi connectivity index (χ2n) is 3.14. The van der Waals surface area contributed by atoms with Gasteiger partial charge < -0.3 is 5.73 Å². The van der Waals surface area contributed by atoms with E-state index in [1.54, 1.807) is 0 Å². The number of hydrogen-bond acceptors (Lipinski definition) is 1. The van der Waals surface area contributed by atoms with Crippen molar-refractivity contribution in [3.63, 3.8) is 0 Å². The van der Waals surface area contributed by atoms with E-state index in [2.05, 4.69) is 0 Å². The van der Waals surface area contributed by atoms with E-state index in [9.17, 15) is 8.78 Å². The minimum atomic E-state index is -0.479. The molecule has 0 bridgehead atoms. The zero-order valence-corrected chi connectivity index (χ0v) is 7.65. The van der Waals surface area contributed by atoms with Crippen LogP contribution in [-0.2, 0) is 0 Å². The second kappa shape index (κ2) is 3.60. The first-order valence-electron chi connectivity index (χ1n) is 3.89. The van der Waals surface area contributed by atoms with Gasteiger partial charge in [-0.05, 0) is 18.6 Å². The zero-order valence-electron chi connectivity index (χ0n) is 6.84. The molecule has 2 unspecified atom stereocenters. The molecule has 2 atom stereocenters. The van der Waals surface area contributed by atoms with Crippen molar-refractivity contribution in [1.29, 1.82) is 0 Å². The Morgan fingerprint density at radius 1 is 1.23 bits per heavy atom. The van der Waals surface area contributed by atoms with Crippen molar-refractivity contribution in [3.8, 4) is 0 Å². The molecule has 0 radical (unpaired) electrons. The van der Waals surface area contributed by atoms with Gasteiger partial charge in [-0.15, -0.1) is 12.4 Å². The largest absolute Gasteiger partial charge is 0.327 e. The van der Waals surface area contributed by atoms with Gasteiger partial charge in [-0.25, -0.2) is 8.78 Å². The lowest BCUT2D eigenvalue weighted by Gasteiger charge is -2.01. The molecule has 0 amide bonds. The molecule has 72 valence electrons. The Morgan fingerprint density at radius 2 is 1.69 bits per heavy atom. The quantitative estimate of drug-likeness (QED) is 0.748. The van der Waals surface area contributed by atoms with Gasteiger partial charge in [0.1, 0.15) is 11.6 Å². The predicted molar refractivity (Wildman–Crippen MR) is 48.9 cm³/mol. The van der Waals surface area contributed by atoms with E-state index in [-0.39, 0.29) is 29.9 Å². The van der Waals surface area contributed by atoms with Gasteiger partial charge in [0.2, 0.25) is 0 Å². The van der Waals surface area contributed by atoms with Crippen LogP contribution in [0, 0.1) is 11.6 Å². The number of hydrogen-bond donors (Lipinski definition) is 1. The van der Waals surface area contributed by atoms with Gasteiger partial charge in [-0.2, -0.15) is 0 Å². The van der Waals surface area contributed by atoms with Crippen LogP contribution in [0.5, 0.6) is 0 Å². The molecule has 1 fully saturated rings. The highest BCUT2D eigenvalue weighted by Gasteiger charge is 2.38. The number of benzene rings is 1. The lowest BCUT2D eigenvalue weighted by Crippen LogP contribution is -2.03. The van der Waals surface area contributed by atoms with Crippen molar-refractivity contribution < 1.29 is 8.78 Å². The van der Waals surface area contributed by atoms with Crippen LogP contribution in [0.4, 0.5) is 8.78 Å². The number of halogens is 3. The molecule has 0 aromatic heterocycles. The van der Waals surface area contributed by atoms with E-state index in [0.717, 1.165) is 0 Å². The Balaban J connectivity index is 0.000000845. The standard InChI is InChI=1S/C9H9F2N.ClH/c10-6-2-1-3-7(11)9(6)5-4-8(5)12;/h1-3,5,8H,4,12H2;1H. The maximum absolute atomic E-state index is 13.0. The molecule has 1 aromatic carbocycles. The normalized spacial score (nSPS) is 25.2. The van der Waals surface area contributed by atoms with Crippen molar-refractivity contribution in [3.05, 3.63) is 35.4 Å². The minimum absolute atomic E-state index is 0. The predicted octanol–water partition coefficient (Wildman–Crippen LogP) is 2.20. The first-order valence-corrected chi connectivity index (χ1v) is 3.89. The van der Waals surface area contributed by atoms with Crippen LogP contribution in [-0.4, -0.2) is 6.04 Å². The zero-order chi connectivity index (χ0) is 8.72. The average molecular weight is 206 g/mol. The summed E-state index contributed by atoms with van der Waals surface area (Å²) >= 11 is 0. The summed E-state index contributed by atoms with van der Waals surface area (Å²) in [4.78, 5) is 0. The molecular weight excluding hydrogens is 196 g/mol. The highest BCUT2D eigenvalue weighted by Crippen LogP contribution is 2.41. The second-order valence-corrected chi connectivity index (χ2v) is 3.14. The maximum Gasteiger partial charge on any atom is 0.129 e. The Kier molecular flexibility index (Phi) is 2.88. The Bertz CT molecular complexity index is 296. The lowest BCUT2D eigenvalue weighted by molar-refractivity contribution is 0.555. The molecule has 1 saturated carbocycles. The molecule has 0 heterocycles. The highest BCUT2D eigenvalue weighted by atomic mass is 35.5. The summed E-state index contributed by atoms with van der Waals surface area (Å²) in [5.41, 5.74) is 5.66. The van der Waals surface area contributed by atoms with Gasteiger partial charge in [0, 0.05) is 17.5 Å². The van der Waals surface area contributed by atoms with Crippen molar-refractivity contribution >= 4 is 12.4 Å². The van der Waals surface area contributed by atoms with Crippen molar-refractivity contribution in [2.45, 2.75) is 18.4 Å². The summed E-state index contributed by atoms with van der Waals surface area (Å²) < 4.78 is 26.0. The molecule has 0 saturated heterocycles. The van der Waals surface area contributed by atoms with E-state index < -0.39 is 11.6 Å². The number of nitrogens with two attached hydrogens (primary N) is 1. The third-order valence-corrected chi connectivity index (χ3v) is 2.21. The van der Waals surface area contributed by atoms with Crippen LogP contribution in [0.3, 0.4) is 0 Å². The highest BCUT2D eigenvalue weighted by molar-refractivity contribution is 5.85. The van der Waals surface area contributed by atoms with Crippen LogP contribution in [0.2, 0.25) is 0 Å². The Morgan fingerprint density at radius 3 is 2.08 bits per heavy atom. The summed E-state index contributed by atoms with van der Waals surface area (Å²) in [5.74, 6) is -1.06. The van der Waals surface area contributed by atoms with E-state index in [1.165, 1.54) is 18.2 Å². The van der Waals surface area contributed by atoms with Crippen molar-refractivity contribution in [2.75, 3.05) is 0 Å². The molecule has 1 aromatic rings. The first kappa shape index (κ1) is 10.4. The van der Waals surface area contributed by atoms with Crippen LogP contribution in [0.15, 0.2) is 18.2 Å². The maximum atomic E-state index is 13.0. The third-order valence-electron chi connectivity index (χ3n) is 2.21. The summed E-state index contributed by atoms with van der Waals surface area (Å²) in [6.45, 7) is 0. The van der Waals surface area contributed by atoms with Gasteiger partial charge in [0.15, 0.2) is 0 Å². The fourth-order valence-corrected chi connectivity index (χ4v) is 1.41. The lowest BCUT2D eigenvalue weighted by atomic mass is 10.1. The van der Waals surface area contributed by atoms with Crippen molar-refractivity contribution in [1.82, 2.24) is 0 Å². The van der Waals surface area contributed by atoms with Gasteiger partial charge in [0.25, 0.3) is 0 Å². The van der Waals surface area contributed by atoms with Gasteiger partial charge in [0.05, 0.1) is 0 Å². The van der Waals surface area contributed by atoms with E-state index >= 15 is 0 Å². The van der Waals surface area contributed by atoms with Gasteiger partial charge >= 0.3 is 0 Å². The summed E-state index contributed by atoms with van der Waals surface area (Å²) in [5, 5.41) is 0. The fraction of sp³-hybridized carbons (Fsp3) is 0.333. The molecule has 1 aliphatic rings. The van der Waals surface area contributed by atoms with Crippen LogP contribution in [0.25, 0.3) is 0 Å². The summed E-state index contributed by atoms with van der Waals surface area (Å²) in [6, 6.07) is 3.84. The summed E-state index contributed by atoms with van der Waals surface area (Å²) in [6.07, 6.45) is 0.692. The molecule has 1 nitrogen and oxygen atoms in total. The fourth-order valence-electron chi connectivity index (χ4n) is 1.41. The van der Waals surface area contributed by atoms with Gasteiger partial charge in [-0.3, -0.25) is 0 Å². The smallest absolute Gasteiger partial charge is 0.129 e. The monoisotopic (exact) mass is 205 g/mol. The van der Waals surface area contributed by atoms with Crippen LogP contribution >= 0.6 is 12.4 Å². The molecule has 0 spiro atoms. The molecule has 2 N–H and O–H groups in total. The number of rotatable bonds is 1. The molecule has 2 rings (SSSR count). The summed E-state index contributed by atoms with van der Waals surface area (Å²) in [7, 11) is 0. The topological polar surface area (TPSA) is 26.0 Å². The van der Waals surface area contributed by atoms with Crippen LogP contribution < -0.4 is 5.73 Å². The molecular formula is C9H10ClF2N. The van der Waals surface area contributed by atoms with Crippen LogP contribution in [0.1, 0.15) is 17.9 Å². The minimum Gasteiger partial charge on any atom is -0.327 e. The molecule has 0 aliphatic heterocycles. The first-order chi connectivity index (χ1) is 5.70. The van der Waals surface area contributed by atoms with E-state index in [0.29, 0.717) is 6.42 Å². The Labute approximate surface area is 81.3 Å². The molecule has 4 heteroatoms. The third kappa shape index (κ3) is 1.81. The molecule has 1 aliphatic carbocycles. The van der Waals surface area contributed by atoms with E-state index in [4.69, 9.17) is 5.73 Å². The SMILES string of the molecule is Cl.NC1CC1c1c(F)cccc1F. The van der Waals surface area contributed by atoms with E-state index in [1.807, 2.05) is 0 Å². The van der Waals surface area contributed by atoms with Gasteiger partial charge in [-0.1, -0.05) is 6.07 Å². The average Bonchev–Trinajstić information content (AvgIpc) is 2.67. The Hall–Kier alpha value is -0.670. The molecule has 13 heavy (non-hydrogen) atoms.